The predicted molar refractivity (Wildman–Crippen MR) is 150 cm³/mol. The van der Waals surface area contributed by atoms with Crippen LogP contribution in [0.25, 0.3) is 22.2 Å². The number of carbonyl (C=O) groups excluding carboxylic acids is 1. The van der Waals surface area contributed by atoms with E-state index in [1.807, 2.05) is 20.2 Å². The number of ether oxygens (including phenoxy) is 2. The molecule has 204 valence electrons. The minimum atomic E-state index is -0.677. The number of anilines is 1. The molecule has 9 nitrogen and oxygen atoms in total. The summed E-state index contributed by atoms with van der Waals surface area (Å²) in [5, 5.41) is 2.86. The summed E-state index contributed by atoms with van der Waals surface area (Å²) >= 11 is 6.50. The van der Waals surface area contributed by atoms with Gasteiger partial charge in [0, 0.05) is 55.4 Å². The van der Waals surface area contributed by atoms with Crippen LogP contribution in [0.4, 0.5) is 10.2 Å². The molecule has 0 aliphatic carbocycles. The fraction of sp³-hybridized carbons (Fsp3) is 0.286. The minimum absolute atomic E-state index is 0.0384. The van der Waals surface area contributed by atoms with Crippen molar-refractivity contribution in [3.63, 3.8) is 0 Å². The number of nitrogens with zero attached hydrogens (tertiary/aromatic N) is 5. The quantitative estimate of drug-likeness (QED) is 0.301. The molecule has 2 heterocycles. The van der Waals surface area contributed by atoms with Gasteiger partial charge in [-0.25, -0.2) is 9.37 Å². The number of nitrogens with one attached hydrogen (secondary N) is 1. The van der Waals surface area contributed by atoms with Crippen molar-refractivity contribution >= 4 is 34.4 Å². The molecule has 0 saturated heterocycles. The normalized spacial score (nSPS) is 11.3. The van der Waals surface area contributed by atoms with Gasteiger partial charge in [-0.3, -0.25) is 14.8 Å². The van der Waals surface area contributed by atoms with Crippen LogP contribution >= 0.6 is 11.6 Å². The number of rotatable bonds is 10. The zero-order valence-corrected chi connectivity index (χ0v) is 23.2. The third-order valence-electron chi connectivity index (χ3n) is 6.16. The largest absolute Gasteiger partial charge is 0.495 e. The molecule has 0 atom stereocenters. The molecule has 0 spiro atoms. The highest BCUT2D eigenvalue weighted by molar-refractivity contribution is 6.35. The number of pyridine rings is 1. The van der Waals surface area contributed by atoms with Gasteiger partial charge in [-0.1, -0.05) is 23.7 Å². The lowest BCUT2D eigenvalue weighted by atomic mass is 9.99. The number of amides is 1. The average Bonchev–Trinajstić information content (AvgIpc) is 2.93. The topological polar surface area (TPSA) is 92.7 Å². The second-order valence-corrected chi connectivity index (χ2v) is 9.62. The van der Waals surface area contributed by atoms with Gasteiger partial charge in [-0.05, 0) is 38.8 Å². The van der Waals surface area contributed by atoms with E-state index < -0.39 is 11.7 Å². The summed E-state index contributed by atoms with van der Waals surface area (Å²) in [6, 6.07) is 8.19. The van der Waals surface area contributed by atoms with Crippen LogP contribution < -0.4 is 14.8 Å². The molecular weight excluding hydrogens is 523 g/mol. The Kier molecular flexibility index (Phi) is 8.90. The summed E-state index contributed by atoms with van der Waals surface area (Å²) in [6.07, 6.45) is 4.67. The van der Waals surface area contributed by atoms with Gasteiger partial charge in [0.05, 0.1) is 30.3 Å². The maximum atomic E-state index is 15.4. The minimum Gasteiger partial charge on any atom is -0.495 e. The van der Waals surface area contributed by atoms with Crippen LogP contribution in [0.5, 0.6) is 11.5 Å². The molecule has 0 unspecified atom stereocenters. The Labute approximate surface area is 231 Å². The molecule has 0 saturated carbocycles. The van der Waals surface area contributed by atoms with E-state index in [4.69, 9.17) is 21.1 Å². The second kappa shape index (κ2) is 12.3. The Morgan fingerprint density at radius 2 is 1.69 bits per heavy atom. The average molecular weight is 553 g/mol. The fourth-order valence-corrected chi connectivity index (χ4v) is 4.42. The molecule has 4 rings (SSSR count). The monoisotopic (exact) mass is 552 g/mol. The molecule has 4 aromatic rings. The number of benzene rings is 2. The van der Waals surface area contributed by atoms with Gasteiger partial charge >= 0.3 is 0 Å². The van der Waals surface area contributed by atoms with Crippen LogP contribution in [0.1, 0.15) is 15.9 Å². The summed E-state index contributed by atoms with van der Waals surface area (Å²) in [5.41, 5.74) is 2.24. The summed E-state index contributed by atoms with van der Waals surface area (Å²) in [5.74, 6) is -0.507. The van der Waals surface area contributed by atoms with Gasteiger partial charge in [0.15, 0.2) is 11.6 Å². The first kappa shape index (κ1) is 28.2. The van der Waals surface area contributed by atoms with Gasteiger partial charge < -0.3 is 24.6 Å². The summed E-state index contributed by atoms with van der Waals surface area (Å²) in [4.78, 5) is 30.7. The van der Waals surface area contributed by atoms with Gasteiger partial charge in [0.25, 0.3) is 5.91 Å². The van der Waals surface area contributed by atoms with Gasteiger partial charge in [-0.15, -0.1) is 0 Å². The number of aromatic nitrogens is 3. The van der Waals surface area contributed by atoms with Crippen LogP contribution in [0, 0.1) is 5.82 Å². The summed E-state index contributed by atoms with van der Waals surface area (Å²) in [7, 11) is 8.91. The van der Waals surface area contributed by atoms with Crippen molar-refractivity contribution in [1.29, 1.82) is 0 Å². The third-order valence-corrected chi connectivity index (χ3v) is 6.54. The van der Waals surface area contributed by atoms with E-state index in [9.17, 15) is 4.79 Å². The standard InChI is InChI=1S/C28H30ClFN6O3/c1-35(2)12-13-36(3)16-17-6-9-22(33-15-17)34-28(37)19-8-7-18(26-27(19)32-11-10-31-26)23-24(29)20(38-4)14-21(39-5)25(23)30/h6-11,14-15H,12-13,16H2,1-5H3,(H,33,34,37). The lowest BCUT2D eigenvalue weighted by Gasteiger charge is -2.19. The van der Waals surface area contributed by atoms with E-state index in [1.54, 1.807) is 24.4 Å². The lowest BCUT2D eigenvalue weighted by Crippen LogP contribution is -2.28. The van der Waals surface area contributed by atoms with E-state index in [2.05, 4.69) is 37.1 Å². The van der Waals surface area contributed by atoms with Gasteiger partial charge in [-0.2, -0.15) is 0 Å². The van der Waals surface area contributed by atoms with Crippen molar-refractivity contribution in [1.82, 2.24) is 24.8 Å². The highest BCUT2D eigenvalue weighted by Gasteiger charge is 2.24. The predicted octanol–water partition coefficient (Wildman–Crippen LogP) is 4.75. The van der Waals surface area contributed by atoms with Gasteiger partial charge in [0.1, 0.15) is 17.1 Å². The first-order chi connectivity index (χ1) is 18.7. The first-order valence-corrected chi connectivity index (χ1v) is 12.5. The Bertz CT molecular complexity index is 1450. The second-order valence-electron chi connectivity index (χ2n) is 9.25. The van der Waals surface area contributed by atoms with Crippen LogP contribution in [-0.2, 0) is 6.54 Å². The van der Waals surface area contributed by atoms with E-state index in [-0.39, 0.29) is 33.2 Å². The SMILES string of the molecule is COc1cc(OC)c(Cl)c(-c2ccc(C(=O)Nc3ccc(CN(C)CCN(C)C)cn3)c3nccnc23)c1F. The number of hydrogen-bond acceptors (Lipinski definition) is 8. The van der Waals surface area contributed by atoms with E-state index in [1.165, 1.54) is 32.7 Å². The first-order valence-electron chi connectivity index (χ1n) is 12.2. The summed E-state index contributed by atoms with van der Waals surface area (Å²) < 4.78 is 25.9. The van der Waals surface area contributed by atoms with Crippen molar-refractivity contribution in [2.24, 2.45) is 0 Å². The van der Waals surface area contributed by atoms with E-state index in [0.717, 1.165) is 25.2 Å². The van der Waals surface area contributed by atoms with Crippen molar-refractivity contribution in [2.45, 2.75) is 6.54 Å². The number of hydrogen-bond donors (Lipinski definition) is 1. The molecular formula is C28H30ClFN6O3. The molecule has 2 aromatic heterocycles. The Morgan fingerprint density at radius 3 is 2.33 bits per heavy atom. The molecule has 0 aliphatic rings. The molecule has 0 radical (unpaired) electrons. The lowest BCUT2D eigenvalue weighted by molar-refractivity contribution is 0.102. The zero-order valence-electron chi connectivity index (χ0n) is 22.5. The van der Waals surface area contributed by atoms with Crippen molar-refractivity contribution < 1.29 is 18.7 Å². The highest BCUT2D eigenvalue weighted by Crippen LogP contribution is 2.44. The molecule has 0 aliphatic heterocycles. The number of likely N-dealkylation sites (N-methyl/N-ethyl adjacent to an activating group) is 2. The van der Waals surface area contributed by atoms with E-state index in [0.29, 0.717) is 16.9 Å². The molecule has 11 heteroatoms. The number of fused-ring (bicyclic) bond motifs is 1. The van der Waals surface area contributed by atoms with Gasteiger partial charge in [0.2, 0.25) is 0 Å². The zero-order chi connectivity index (χ0) is 28.1. The highest BCUT2D eigenvalue weighted by atomic mass is 35.5. The van der Waals surface area contributed by atoms with Crippen LogP contribution in [0.15, 0.2) is 48.9 Å². The molecule has 1 amide bonds. The molecule has 39 heavy (non-hydrogen) atoms. The molecule has 1 N–H and O–H groups in total. The Morgan fingerprint density at radius 1 is 0.974 bits per heavy atom. The maximum Gasteiger partial charge on any atom is 0.259 e. The number of carbonyl (C=O) groups is 1. The summed E-state index contributed by atoms with van der Waals surface area (Å²) in [6.45, 7) is 2.62. The Hall–Kier alpha value is -3.86. The third kappa shape index (κ3) is 6.25. The number of halogens is 2. The molecule has 0 bridgehead atoms. The van der Waals surface area contributed by atoms with Crippen LogP contribution in [0.2, 0.25) is 5.02 Å². The Balaban J connectivity index is 1.62. The number of methoxy groups -OCH3 is 2. The smallest absolute Gasteiger partial charge is 0.259 e. The van der Waals surface area contributed by atoms with Crippen molar-refractivity contribution in [3.8, 4) is 22.6 Å². The van der Waals surface area contributed by atoms with Crippen LogP contribution in [-0.4, -0.2) is 79.1 Å². The van der Waals surface area contributed by atoms with Crippen molar-refractivity contribution in [2.75, 3.05) is 53.8 Å². The van der Waals surface area contributed by atoms with E-state index >= 15 is 4.39 Å². The molecule has 0 fully saturated rings. The van der Waals surface area contributed by atoms with Crippen molar-refractivity contribution in [3.05, 3.63) is 70.9 Å². The molecule has 2 aromatic carbocycles. The maximum absolute atomic E-state index is 15.4. The van der Waals surface area contributed by atoms with Crippen LogP contribution in [0.3, 0.4) is 0 Å². The fourth-order valence-electron chi connectivity index (χ4n) is 4.10.